The smallest absolute Gasteiger partial charge is 0.341 e. The molecule has 36 heavy (non-hydrogen) atoms. The van der Waals surface area contributed by atoms with Crippen LogP contribution in [0.5, 0.6) is 5.88 Å². The van der Waals surface area contributed by atoms with E-state index >= 15 is 0 Å². The normalized spacial score (nSPS) is 11.8. The van der Waals surface area contributed by atoms with Gasteiger partial charge in [-0.25, -0.2) is 0 Å². The van der Waals surface area contributed by atoms with E-state index in [-0.39, 0.29) is 50.6 Å². The van der Waals surface area contributed by atoms with E-state index in [1.165, 1.54) is 17.6 Å². The van der Waals surface area contributed by atoms with Crippen LogP contribution in [-0.2, 0) is 10.1 Å². The predicted molar refractivity (Wildman–Crippen MR) is 141 cm³/mol. The van der Waals surface area contributed by atoms with Gasteiger partial charge in [0.05, 0.1) is 22.3 Å². The summed E-state index contributed by atoms with van der Waals surface area (Å²) in [5, 5.41) is 9.35. The molecule has 1 aromatic heterocycles. The Labute approximate surface area is 217 Å². The van der Waals surface area contributed by atoms with E-state index in [9.17, 15) is 18.5 Å². The molecule has 1 heterocycles. The Kier molecular flexibility index (Phi) is 7.97. The van der Waals surface area contributed by atoms with Crippen LogP contribution in [0, 0.1) is 18.3 Å². The Bertz CT molecular complexity index is 1490. The van der Waals surface area contributed by atoms with Gasteiger partial charge in [0.15, 0.2) is 0 Å². The van der Waals surface area contributed by atoms with Crippen molar-refractivity contribution in [2.75, 3.05) is 0 Å². The first-order valence-corrected chi connectivity index (χ1v) is 13.5. The molecule has 0 aliphatic heterocycles. The highest BCUT2D eigenvalue weighted by atomic mass is 35.5. The number of rotatable bonds is 7. The largest absolute Gasteiger partial charge is 0.358 e. The van der Waals surface area contributed by atoms with Crippen molar-refractivity contribution in [3.05, 3.63) is 79.9 Å². The van der Waals surface area contributed by atoms with Gasteiger partial charge < -0.3 is 4.18 Å². The van der Waals surface area contributed by atoms with Crippen molar-refractivity contribution in [3.8, 4) is 17.6 Å². The summed E-state index contributed by atoms with van der Waals surface area (Å²) in [6, 6.07) is 11.5. The molecule has 3 rings (SSSR count). The highest BCUT2D eigenvalue weighted by Crippen LogP contribution is 2.36. The molecule has 0 saturated carbocycles. The zero-order valence-corrected chi connectivity index (χ0v) is 23.0. The van der Waals surface area contributed by atoms with Crippen LogP contribution in [0.4, 0.5) is 0 Å². The molecule has 0 aliphatic carbocycles. The van der Waals surface area contributed by atoms with Gasteiger partial charge in [0, 0.05) is 0 Å². The molecule has 0 saturated heterocycles. The van der Waals surface area contributed by atoms with Crippen LogP contribution < -0.4 is 9.74 Å². The lowest BCUT2D eigenvalue weighted by molar-refractivity contribution is 0.469. The second-order valence-electron chi connectivity index (χ2n) is 9.60. The summed E-state index contributed by atoms with van der Waals surface area (Å²) in [5.41, 5.74) is 2.26. The monoisotopic (exact) mass is 527 g/mol. The van der Waals surface area contributed by atoms with Crippen LogP contribution in [0.25, 0.3) is 5.69 Å². The maximum atomic E-state index is 13.6. The van der Waals surface area contributed by atoms with E-state index in [4.69, 9.17) is 15.8 Å². The van der Waals surface area contributed by atoms with E-state index in [1.54, 1.807) is 12.1 Å². The molecule has 7 nitrogen and oxygen atoms in total. The third-order valence-corrected chi connectivity index (χ3v) is 7.69. The van der Waals surface area contributed by atoms with Crippen molar-refractivity contribution in [1.82, 2.24) is 9.55 Å². The third-order valence-electron chi connectivity index (χ3n) is 5.93. The van der Waals surface area contributed by atoms with Crippen molar-refractivity contribution in [2.45, 2.75) is 71.1 Å². The second-order valence-corrected chi connectivity index (χ2v) is 11.5. The molecule has 0 spiro atoms. The van der Waals surface area contributed by atoms with Gasteiger partial charge in [0.1, 0.15) is 16.8 Å². The Morgan fingerprint density at radius 1 is 1.00 bits per heavy atom. The van der Waals surface area contributed by atoms with Crippen LogP contribution in [0.15, 0.2) is 46.1 Å². The lowest BCUT2D eigenvalue weighted by Gasteiger charge is -2.22. The van der Waals surface area contributed by atoms with Crippen LogP contribution >= 0.6 is 11.6 Å². The molecule has 0 unspecified atom stereocenters. The summed E-state index contributed by atoms with van der Waals surface area (Å²) in [6.07, 6.45) is 0. The van der Waals surface area contributed by atoms with Gasteiger partial charge in [0.25, 0.3) is 5.56 Å². The topological polar surface area (TPSA) is 102 Å². The van der Waals surface area contributed by atoms with Gasteiger partial charge in [-0.2, -0.15) is 18.7 Å². The van der Waals surface area contributed by atoms with E-state index in [0.717, 1.165) is 11.6 Å². The molecular formula is C27H30ClN3O4S. The van der Waals surface area contributed by atoms with E-state index in [1.807, 2.05) is 45.9 Å². The fourth-order valence-electron chi connectivity index (χ4n) is 4.02. The van der Waals surface area contributed by atoms with Gasteiger partial charge in [-0.1, -0.05) is 71.3 Å². The summed E-state index contributed by atoms with van der Waals surface area (Å²) < 4.78 is 33.9. The predicted octanol–water partition coefficient (Wildman–Crippen LogP) is 6.20. The average Bonchev–Trinajstić information content (AvgIpc) is 2.78. The molecule has 0 amide bonds. The summed E-state index contributed by atoms with van der Waals surface area (Å²) >= 11 is 6.31. The van der Waals surface area contributed by atoms with Gasteiger partial charge in [-0.3, -0.25) is 9.36 Å². The van der Waals surface area contributed by atoms with E-state index in [2.05, 4.69) is 18.8 Å². The zero-order valence-electron chi connectivity index (χ0n) is 21.5. The van der Waals surface area contributed by atoms with Crippen LogP contribution in [0.2, 0.25) is 5.02 Å². The van der Waals surface area contributed by atoms with Gasteiger partial charge >= 0.3 is 10.1 Å². The van der Waals surface area contributed by atoms with Crippen molar-refractivity contribution in [3.63, 3.8) is 0 Å². The molecule has 190 valence electrons. The average molecular weight is 528 g/mol. The molecule has 2 aromatic carbocycles. The molecule has 0 bridgehead atoms. The highest BCUT2D eigenvalue weighted by Gasteiger charge is 2.29. The van der Waals surface area contributed by atoms with Crippen molar-refractivity contribution in [2.24, 2.45) is 0 Å². The SMILES string of the molecule is Cc1nc(OS(=O)(=O)c2c(C(C)C)cc(C(C)C)cc2C(C)C)cc(=O)n1-c1cccc(C#N)c1Cl. The Morgan fingerprint density at radius 2 is 1.58 bits per heavy atom. The van der Waals surface area contributed by atoms with Gasteiger partial charge in [-0.05, 0) is 53.5 Å². The minimum Gasteiger partial charge on any atom is -0.358 e. The van der Waals surface area contributed by atoms with Crippen molar-refractivity contribution >= 4 is 21.7 Å². The number of hydrogen-bond acceptors (Lipinski definition) is 6. The maximum absolute atomic E-state index is 13.6. The molecule has 0 N–H and O–H groups in total. The first-order chi connectivity index (χ1) is 16.8. The quantitative estimate of drug-likeness (QED) is 0.339. The number of hydrogen-bond donors (Lipinski definition) is 0. The molecule has 9 heteroatoms. The zero-order chi connectivity index (χ0) is 26.9. The summed E-state index contributed by atoms with van der Waals surface area (Å²) in [5.74, 6) is -0.105. The molecule has 0 fully saturated rings. The van der Waals surface area contributed by atoms with E-state index in [0.29, 0.717) is 11.1 Å². The minimum absolute atomic E-state index is 0.0770. The van der Waals surface area contributed by atoms with Crippen LogP contribution in [-0.4, -0.2) is 18.0 Å². The summed E-state index contributed by atoms with van der Waals surface area (Å²) in [6.45, 7) is 13.4. The Balaban J connectivity index is 2.16. The van der Waals surface area contributed by atoms with E-state index < -0.39 is 15.7 Å². The maximum Gasteiger partial charge on any atom is 0.341 e. The fraction of sp³-hybridized carbons (Fsp3) is 0.370. The fourth-order valence-corrected chi connectivity index (χ4v) is 5.83. The number of aromatic nitrogens is 2. The first kappa shape index (κ1) is 27.4. The van der Waals surface area contributed by atoms with Crippen LogP contribution in [0.3, 0.4) is 0 Å². The first-order valence-electron chi connectivity index (χ1n) is 11.7. The van der Waals surface area contributed by atoms with Crippen molar-refractivity contribution < 1.29 is 12.6 Å². The number of halogens is 1. The molecule has 0 atom stereocenters. The molecule has 0 aliphatic rings. The number of aryl methyl sites for hydroxylation is 1. The lowest BCUT2D eigenvalue weighted by Crippen LogP contribution is -2.24. The Hall–Kier alpha value is -3.15. The second kappa shape index (κ2) is 10.5. The molecule has 0 radical (unpaired) electrons. The number of nitrogens with zero attached hydrogens (tertiary/aromatic N) is 3. The summed E-state index contributed by atoms with van der Waals surface area (Å²) in [4.78, 5) is 17.4. The van der Waals surface area contributed by atoms with Crippen LogP contribution in [0.1, 0.15) is 87.4 Å². The van der Waals surface area contributed by atoms with Gasteiger partial charge in [0.2, 0.25) is 5.88 Å². The highest BCUT2D eigenvalue weighted by molar-refractivity contribution is 7.87. The third kappa shape index (κ3) is 5.32. The van der Waals surface area contributed by atoms with Gasteiger partial charge in [-0.15, -0.1) is 0 Å². The summed E-state index contributed by atoms with van der Waals surface area (Å²) in [7, 11) is -4.32. The number of nitriles is 1. The number of benzene rings is 2. The minimum atomic E-state index is -4.32. The van der Waals surface area contributed by atoms with Crippen molar-refractivity contribution in [1.29, 1.82) is 5.26 Å². The Morgan fingerprint density at radius 3 is 2.06 bits per heavy atom. The molecule has 3 aromatic rings. The lowest BCUT2D eigenvalue weighted by atomic mass is 9.89. The molecular weight excluding hydrogens is 498 g/mol. The standard InChI is InChI=1S/C27H30ClN3O4S/c1-15(2)20-11-21(16(3)4)27(22(12-20)17(5)6)36(33,34)35-24-13-25(32)31(18(7)30-24)23-10-8-9-19(14-29)26(23)28/h8-13,15-17H,1-7H3.